The molecule has 0 aliphatic carbocycles. The molecule has 0 bridgehead atoms. The van der Waals surface area contributed by atoms with Gasteiger partial charge in [-0.2, -0.15) is 0 Å². The van der Waals surface area contributed by atoms with Crippen LogP contribution in [0.2, 0.25) is 5.02 Å². The molecule has 0 saturated carbocycles. The summed E-state index contributed by atoms with van der Waals surface area (Å²) in [6.07, 6.45) is 4.38. The molecule has 3 aromatic rings. The first kappa shape index (κ1) is 24.2. The van der Waals surface area contributed by atoms with Crippen molar-refractivity contribution in [2.45, 2.75) is 25.2 Å². The number of rotatable bonds is 5. The van der Waals surface area contributed by atoms with Gasteiger partial charge in [0.05, 0.1) is 47.5 Å². The standard InChI is InChI=1S/C27H27ClFN5O2/c1-3-4-12-34-13-9-27(10-14-34)16-31-26(35)21-23(32-20-7-5-6-18(28)24(20)36-2)22(33-25(21)27)17-8-11-30-15-19(17)29/h5-8,11,15,32-33H,9-10,12-14,16H2,1-2H3,(H,31,35). The van der Waals surface area contributed by atoms with Crippen LogP contribution in [0.4, 0.5) is 15.8 Å². The van der Waals surface area contributed by atoms with E-state index in [0.29, 0.717) is 45.5 Å². The number of carbonyl (C=O) groups is 1. The van der Waals surface area contributed by atoms with Crippen molar-refractivity contribution in [2.75, 3.05) is 38.6 Å². The van der Waals surface area contributed by atoms with E-state index in [1.54, 1.807) is 24.3 Å². The number of piperidine rings is 1. The second-order valence-corrected chi connectivity index (χ2v) is 9.50. The van der Waals surface area contributed by atoms with E-state index in [4.69, 9.17) is 16.3 Å². The molecule has 1 saturated heterocycles. The number of carbonyl (C=O) groups excluding carboxylic acids is 1. The fourth-order valence-electron chi connectivity index (χ4n) is 5.16. The number of aromatic nitrogens is 2. The molecule has 4 heterocycles. The highest BCUT2D eigenvalue weighted by molar-refractivity contribution is 6.32. The molecule has 1 fully saturated rings. The number of para-hydroxylation sites is 1. The van der Waals surface area contributed by atoms with Crippen molar-refractivity contribution in [3.63, 3.8) is 0 Å². The third-order valence-corrected chi connectivity index (χ3v) is 7.41. The van der Waals surface area contributed by atoms with Gasteiger partial charge in [0.25, 0.3) is 5.91 Å². The zero-order chi connectivity index (χ0) is 25.3. The summed E-state index contributed by atoms with van der Waals surface area (Å²) in [7, 11) is 1.53. The Kier molecular flexibility index (Phi) is 6.61. The van der Waals surface area contributed by atoms with Crippen LogP contribution in [0.1, 0.15) is 35.8 Å². The summed E-state index contributed by atoms with van der Waals surface area (Å²) >= 11 is 6.36. The number of hydrogen-bond acceptors (Lipinski definition) is 5. The lowest BCUT2D eigenvalue weighted by Crippen LogP contribution is -2.52. The Balaban J connectivity index is 1.65. The van der Waals surface area contributed by atoms with Gasteiger partial charge in [-0.3, -0.25) is 14.7 Å². The van der Waals surface area contributed by atoms with E-state index in [-0.39, 0.29) is 11.3 Å². The minimum absolute atomic E-state index is 0.213. The lowest BCUT2D eigenvalue weighted by atomic mass is 9.72. The fraction of sp³-hybridized carbons (Fsp3) is 0.333. The highest BCUT2D eigenvalue weighted by Crippen LogP contribution is 2.47. The first-order valence-electron chi connectivity index (χ1n) is 11.8. The minimum Gasteiger partial charge on any atom is -0.493 e. The van der Waals surface area contributed by atoms with Crippen LogP contribution >= 0.6 is 11.6 Å². The van der Waals surface area contributed by atoms with Crippen LogP contribution in [-0.2, 0) is 5.41 Å². The molecule has 2 aliphatic rings. The van der Waals surface area contributed by atoms with Crippen molar-refractivity contribution in [3.8, 4) is 28.8 Å². The number of halogens is 2. The number of nitrogens with one attached hydrogen (secondary N) is 3. The molecular weight excluding hydrogens is 481 g/mol. The Morgan fingerprint density at radius 3 is 2.83 bits per heavy atom. The molecule has 2 aliphatic heterocycles. The summed E-state index contributed by atoms with van der Waals surface area (Å²) in [6.45, 7) is 4.80. The quantitative estimate of drug-likeness (QED) is 0.435. The zero-order valence-corrected chi connectivity index (χ0v) is 20.9. The van der Waals surface area contributed by atoms with Gasteiger partial charge in [-0.1, -0.05) is 23.6 Å². The van der Waals surface area contributed by atoms with Gasteiger partial charge in [-0.15, -0.1) is 5.92 Å². The van der Waals surface area contributed by atoms with Gasteiger partial charge in [0, 0.05) is 42.5 Å². The number of methoxy groups -OCH3 is 1. The average molecular weight is 508 g/mol. The zero-order valence-electron chi connectivity index (χ0n) is 20.2. The number of hydrogen-bond donors (Lipinski definition) is 3. The van der Waals surface area contributed by atoms with E-state index in [2.05, 4.69) is 37.3 Å². The minimum atomic E-state index is -0.486. The summed E-state index contributed by atoms with van der Waals surface area (Å²) in [6, 6.07) is 6.92. The number of likely N-dealkylation sites (tertiary alicyclic amines) is 1. The monoisotopic (exact) mass is 507 g/mol. The van der Waals surface area contributed by atoms with E-state index in [0.717, 1.165) is 38.2 Å². The molecular formula is C27H27ClFN5O2. The molecule has 5 rings (SSSR count). The largest absolute Gasteiger partial charge is 0.493 e. The lowest BCUT2D eigenvalue weighted by molar-refractivity contribution is 0.0890. The predicted molar refractivity (Wildman–Crippen MR) is 138 cm³/mol. The van der Waals surface area contributed by atoms with E-state index < -0.39 is 5.82 Å². The third kappa shape index (κ3) is 4.19. The van der Waals surface area contributed by atoms with Crippen LogP contribution in [0.25, 0.3) is 11.3 Å². The van der Waals surface area contributed by atoms with Gasteiger partial charge in [-0.25, -0.2) is 4.39 Å². The molecule has 0 atom stereocenters. The molecule has 2 aromatic heterocycles. The van der Waals surface area contributed by atoms with E-state index >= 15 is 0 Å². The van der Waals surface area contributed by atoms with Gasteiger partial charge >= 0.3 is 0 Å². The number of ether oxygens (including phenoxy) is 1. The predicted octanol–water partition coefficient (Wildman–Crippen LogP) is 4.72. The Bertz CT molecular complexity index is 1370. The molecule has 1 spiro atoms. The van der Waals surface area contributed by atoms with Crippen LogP contribution in [0.5, 0.6) is 5.75 Å². The first-order valence-corrected chi connectivity index (χ1v) is 12.2. The second-order valence-electron chi connectivity index (χ2n) is 9.09. The summed E-state index contributed by atoms with van der Waals surface area (Å²) in [5.74, 6) is 5.83. The highest BCUT2D eigenvalue weighted by atomic mass is 35.5. The topological polar surface area (TPSA) is 82.3 Å². The normalized spacial score (nSPS) is 16.6. The van der Waals surface area contributed by atoms with Crippen LogP contribution in [0, 0.1) is 17.7 Å². The molecule has 9 heteroatoms. The van der Waals surface area contributed by atoms with Crippen molar-refractivity contribution >= 4 is 28.9 Å². The van der Waals surface area contributed by atoms with Crippen LogP contribution in [0.15, 0.2) is 36.7 Å². The van der Waals surface area contributed by atoms with Crippen molar-refractivity contribution in [2.24, 2.45) is 0 Å². The Labute approximate surface area is 214 Å². The number of aromatic amines is 1. The number of benzene rings is 1. The number of amides is 1. The van der Waals surface area contributed by atoms with Crippen LogP contribution in [-0.4, -0.2) is 54.1 Å². The molecule has 186 valence electrons. The van der Waals surface area contributed by atoms with Gasteiger partial charge < -0.3 is 20.4 Å². The Morgan fingerprint density at radius 1 is 1.31 bits per heavy atom. The summed E-state index contributed by atoms with van der Waals surface area (Å²) in [5, 5.41) is 6.86. The van der Waals surface area contributed by atoms with Crippen molar-refractivity contribution in [3.05, 3.63) is 58.8 Å². The summed E-state index contributed by atoms with van der Waals surface area (Å²) < 4.78 is 20.5. The van der Waals surface area contributed by atoms with Crippen molar-refractivity contribution < 1.29 is 13.9 Å². The van der Waals surface area contributed by atoms with Gasteiger partial charge in [0.15, 0.2) is 11.6 Å². The third-order valence-electron chi connectivity index (χ3n) is 7.11. The van der Waals surface area contributed by atoms with Gasteiger partial charge in [0.1, 0.15) is 0 Å². The SMILES string of the molecule is CC#CCN1CCC2(CC1)CNC(=O)c1c2[nH]c(-c2ccncc2F)c1Nc1cccc(Cl)c1OC. The fourth-order valence-corrected chi connectivity index (χ4v) is 5.41. The van der Waals surface area contributed by atoms with Crippen LogP contribution < -0.4 is 15.4 Å². The average Bonchev–Trinajstić information content (AvgIpc) is 3.27. The number of H-pyrrole nitrogens is 1. The number of nitrogens with zero attached hydrogens (tertiary/aromatic N) is 2. The maximum absolute atomic E-state index is 15.0. The maximum atomic E-state index is 15.0. The molecule has 36 heavy (non-hydrogen) atoms. The van der Waals surface area contributed by atoms with Gasteiger partial charge in [-0.05, 0) is 38.0 Å². The Morgan fingerprint density at radius 2 is 2.11 bits per heavy atom. The van der Waals surface area contributed by atoms with Gasteiger partial charge in [0.2, 0.25) is 0 Å². The molecule has 0 unspecified atom stereocenters. The molecule has 7 nitrogen and oxygen atoms in total. The van der Waals surface area contributed by atoms with E-state index in [1.165, 1.54) is 19.5 Å². The molecule has 1 amide bonds. The summed E-state index contributed by atoms with van der Waals surface area (Å²) in [5.41, 5.74) is 2.86. The molecule has 3 N–H and O–H groups in total. The Hall–Kier alpha value is -3.54. The molecule has 0 radical (unpaired) electrons. The van der Waals surface area contributed by atoms with Crippen molar-refractivity contribution in [1.82, 2.24) is 20.2 Å². The second kappa shape index (κ2) is 9.84. The highest BCUT2D eigenvalue weighted by Gasteiger charge is 2.45. The van der Waals surface area contributed by atoms with E-state index in [1.807, 2.05) is 6.92 Å². The number of anilines is 2. The summed E-state index contributed by atoms with van der Waals surface area (Å²) in [4.78, 5) is 23.0. The lowest BCUT2D eigenvalue weighted by Gasteiger charge is -2.43. The smallest absolute Gasteiger partial charge is 0.255 e. The molecule has 1 aromatic carbocycles. The first-order chi connectivity index (χ1) is 17.5. The van der Waals surface area contributed by atoms with Crippen LogP contribution in [0.3, 0.4) is 0 Å². The number of fused-ring (bicyclic) bond motifs is 2. The number of pyridine rings is 1. The van der Waals surface area contributed by atoms with Crippen molar-refractivity contribution in [1.29, 1.82) is 0 Å². The maximum Gasteiger partial charge on any atom is 0.255 e. The van der Waals surface area contributed by atoms with E-state index in [9.17, 15) is 9.18 Å².